The van der Waals surface area contributed by atoms with Crippen molar-refractivity contribution in [2.45, 2.75) is 38.5 Å². The van der Waals surface area contributed by atoms with Crippen LogP contribution in [0.4, 0.5) is 0 Å². The molecule has 1 fully saturated rings. The molecule has 76 valence electrons. The second-order valence-electron chi connectivity index (χ2n) is 3.40. The van der Waals surface area contributed by atoms with Crippen LogP contribution in [0.5, 0.6) is 0 Å². The Balaban J connectivity index is 0.000000132. The first-order valence-electron chi connectivity index (χ1n) is 5.30. The molecule has 0 amide bonds. The summed E-state index contributed by atoms with van der Waals surface area (Å²) >= 11 is 0. The van der Waals surface area contributed by atoms with Gasteiger partial charge in [-0.15, -0.1) is 0 Å². The number of allylic oxidation sites excluding steroid dienone is 2. The maximum Gasteiger partial charge on any atom is 0.146 e. The Morgan fingerprint density at radius 3 is 1.62 bits per heavy atom. The van der Waals surface area contributed by atoms with Crippen LogP contribution in [0.15, 0.2) is 12.2 Å². The fraction of sp³-hybridized carbons (Fsp3) is 0.818. The molecule has 1 saturated heterocycles. The number of hydrogen-bond donors (Lipinski definition) is 0. The predicted octanol–water partition coefficient (Wildman–Crippen LogP) is 2.89. The summed E-state index contributed by atoms with van der Waals surface area (Å²) in [5, 5.41) is 0. The van der Waals surface area contributed by atoms with Crippen molar-refractivity contribution in [2.24, 2.45) is 0 Å². The molecule has 0 aromatic carbocycles. The highest BCUT2D eigenvalue weighted by Gasteiger charge is 1.94. The molecule has 1 aliphatic carbocycles. The fourth-order valence-corrected chi connectivity index (χ4v) is 1.35. The molecule has 0 saturated carbocycles. The number of ether oxygens (including phenoxy) is 2. The summed E-state index contributed by atoms with van der Waals surface area (Å²) in [6, 6.07) is 0. The minimum atomic E-state index is 0.500. The van der Waals surface area contributed by atoms with Crippen molar-refractivity contribution < 1.29 is 9.47 Å². The predicted molar refractivity (Wildman–Crippen MR) is 53.6 cm³/mol. The molecule has 0 atom stereocenters. The molecule has 2 aliphatic rings. The average molecular weight is 184 g/mol. The van der Waals surface area contributed by atoms with Gasteiger partial charge in [0.2, 0.25) is 0 Å². The second-order valence-corrected chi connectivity index (χ2v) is 3.40. The third-order valence-electron chi connectivity index (χ3n) is 2.15. The Hall–Kier alpha value is -0.340. The molecule has 0 radical (unpaired) electrons. The lowest BCUT2D eigenvalue weighted by atomic mass is 10.1. The van der Waals surface area contributed by atoms with Crippen LogP contribution in [-0.2, 0) is 9.47 Å². The van der Waals surface area contributed by atoms with Crippen LogP contribution in [0.3, 0.4) is 0 Å². The maximum atomic E-state index is 4.97. The van der Waals surface area contributed by atoms with Gasteiger partial charge in [-0.25, -0.2) is 0 Å². The number of hydrogen-bond acceptors (Lipinski definition) is 2. The fourth-order valence-electron chi connectivity index (χ4n) is 1.35. The van der Waals surface area contributed by atoms with E-state index in [0.717, 1.165) is 26.1 Å². The van der Waals surface area contributed by atoms with Crippen molar-refractivity contribution >= 4 is 0 Å². The third-order valence-corrected chi connectivity index (χ3v) is 2.15. The summed E-state index contributed by atoms with van der Waals surface area (Å²) in [5.41, 5.74) is 0. The van der Waals surface area contributed by atoms with Crippen molar-refractivity contribution in [1.82, 2.24) is 0 Å². The molecule has 13 heavy (non-hydrogen) atoms. The highest BCUT2D eigenvalue weighted by molar-refractivity contribution is 4.85. The highest BCUT2D eigenvalue weighted by atomic mass is 16.7. The molecule has 0 unspecified atom stereocenters. The smallest absolute Gasteiger partial charge is 0.146 e. The zero-order valence-electron chi connectivity index (χ0n) is 8.34. The molecule has 0 aromatic heterocycles. The van der Waals surface area contributed by atoms with Crippen molar-refractivity contribution in [3.63, 3.8) is 0 Å². The Kier molecular flexibility index (Phi) is 6.83. The summed E-state index contributed by atoms with van der Waals surface area (Å²) in [7, 11) is 0. The molecular formula is C11H20O2. The Morgan fingerprint density at radius 1 is 0.692 bits per heavy atom. The van der Waals surface area contributed by atoms with Gasteiger partial charge in [0.15, 0.2) is 0 Å². The summed E-state index contributed by atoms with van der Waals surface area (Å²) in [6.45, 7) is 2.25. The molecule has 2 rings (SSSR count). The maximum absolute atomic E-state index is 4.97. The molecule has 1 aliphatic heterocycles. The van der Waals surface area contributed by atoms with Crippen LogP contribution in [-0.4, -0.2) is 20.0 Å². The van der Waals surface area contributed by atoms with Crippen molar-refractivity contribution in [3.05, 3.63) is 12.2 Å². The van der Waals surface area contributed by atoms with E-state index < -0.39 is 0 Å². The molecular weight excluding hydrogens is 164 g/mol. The molecule has 2 nitrogen and oxygen atoms in total. The van der Waals surface area contributed by atoms with E-state index in [-0.39, 0.29) is 0 Å². The SMILES string of the molecule is C1=CCCCC1.C1CCOCOC1. The monoisotopic (exact) mass is 184 g/mol. The lowest BCUT2D eigenvalue weighted by Crippen LogP contribution is -1.93. The second kappa shape index (κ2) is 8.27. The van der Waals surface area contributed by atoms with E-state index in [0.29, 0.717) is 6.79 Å². The third kappa shape index (κ3) is 6.79. The van der Waals surface area contributed by atoms with Gasteiger partial charge in [0, 0.05) is 13.2 Å². The number of rotatable bonds is 0. The van der Waals surface area contributed by atoms with Gasteiger partial charge in [0.1, 0.15) is 6.79 Å². The first-order chi connectivity index (χ1) is 6.50. The van der Waals surface area contributed by atoms with Gasteiger partial charge in [-0.2, -0.15) is 0 Å². The first-order valence-corrected chi connectivity index (χ1v) is 5.30. The van der Waals surface area contributed by atoms with Gasteiger partial charge < -0.3 is 9.47 Å². The highest BCUT2D eigenvalue weighted by Crippen LogP contribution is 2.07. The Morgan fingerprint density at radius 2 is 1.23 bits per heavy atom. The molecule has 0 bridgehead atoms. The molecule has 0 spiro atoms. The van der Waals surface area contributed by atoms with E-state index in [1.165, 1.54) is 25.7 Å². The van der Waals surface area contributed by atoms with Crippen molar-refractivity contribution in [3.8, 4) is 0 Å². The first kappa shape index (κ1) is 10.7. The van der Waals surface area contributed by atoms with Gasteiger partial charge in [-0.1, -0.05) is 12.2 Å². The minimum absolute atomic E-state index is 0.500. The van der Waals surface area contributed by atoms with Gasteiger partial charge in [-0.05, 0) is 38.5 Å². The van der Waals surface area contributed by atoms with Crippen molar-refractivity contribution in [1.29, 1.82) is 0 Å². The van der Waals surface area contributed by atoms with Crippen LogP contribution >= 0.6 is 0 Å². The standard InChI is InChI=1S/C6H10.C5H10O2/c1-2-4-6-5-3-1;1-2-4-7-5-6-3-1/h1-2H,3-6H2;1-5H2. The lowest BCUT2D eigenvalue weighted by Gasteiger charge is -1.97. The zero-order valence-corrected chi connectivity index (χ0v) is 8.34. The van der Waals surface area contributed by atoms with Gasteiger partial charge >= 0.3 is 0 Å². The van der Waals surface area contributed by atoms with Crippen LogP contribution < -0.4 is 0 Å². The van der Waals surface area contributed by atoms with E-state index in [1.54, 1.807) is 0 Å². The van der Waals surface area contributed by atoms with Crippen molar-refractivity contribution in [2.75, 3.05) is 20.0 Å². The quantitative estimate of drug-likeness (QED) is 0.539. The average Bonchev–Trinajstić information content (AvgIpc) is 2.53. The Labute approximate surface area is 80.9 Å². The van der Waals surface area contributed by atoms with E-state index in [2.05, 4.69) is 12.2 Å². The zero-order chi connectivity index (χ0) is 9.19. The van der Waals surface area contributed by atoms with Gasteiger partial charge in [0.05, 0.1) is 0 Å². The van der Waals surface area contributed by atoms with Gasteiger partial charge in [-0.3, -0.25) is 0 Å². The molecule has 0 N–H and O–H groups in total. The summed E-state index contributed by atoms with van der Waals surface area (Å²) < 4.78 is 9.94. The molecule has 1 heterocycles. The topological polar surface area (TPSA) is 18.5 Å². The van der Waals surface area contributed by atoms with Crippen LogP contribution in [0.2, 0.25) is 0 Å². The lowest BCUT2D eigenvalue weighted by molar-refractivity contribution is -0.0318. The van der Waals surface area contributed by atoms with Crippen LogP contribution in [0.25, 0.3) is 0 Å². The van der Waals surface area contributed by atoms with E-state index in [9.17, 15) is 0 Å². The summed E-state index contributed by atoms with van der Waals surface area (Å²) in [5.74, 6) is 0. The van der Waals surface area contributed by atoms with E-state index in [1.807, 2.05) is 0 Å². The largest absolute Gasteiger partial charge is 0.355 e. The van der Waals surface area contributed by atoms with E-state index in [4.69, 9.17) is 9.47 Å². The normalized spacial score (nSPS) is 22.8. The molecule has 2 heteroatoms. The minimum Gasteiger partial charge on any atom is -0.355 e. The van der Waals surface area contributed by atoms with Crippen LogP contribution in [0.1, 0.15) is 38.5 Å². The van der Waals surface area contributed by atoms with E-state index >= 15 is 0 Å². The Bertz CT molecular complexity index is 104. The summed E-state index contributed by atoms with van der Waals surface area (Å²) in [6.07, 6.45) is 12.3. The summed E-state index contributed by atoms with van der Waals surface area (Å²) in [4.78, 5) is 0. The van der Waals surface area contributed by atoms with Gasteiger partial charge in [0.25, 0.3) is 0 Å². The molecule has 0 aromatic rings. The van der Waals surface area contributed by atoms with Crippen LogP contribution in [0, 0.1) is 0 Å².